The molecule has 2 saturated heterocycles. The van der Waals surface area contributed by atoms with Crippen LogP contribution in [0.3, 0.4) is 0 Å². The van der Waals surface area contributed by atoms with Crippen LogP contribution in [-0.4, -0.2) is 59.5 Å². The molecule has 3 aromatic rings. The van der Waals surface area contributed by atoms with Crippen LogP contribution in [0.1, 0.15) is 42.7 Å². The van der Waals surface area contributed by atoms with Crippen molar-refractivity contribution < 1.29 is 5.11 Å². The smallest absolute Gasteiger partial charge is 0.132 e. The average Bonchev–Trinajstić information content (AvgIpc) is 3.21. The molecule has 0 aromatic heterocycles. The average molecular weight is 481 g/mol. The lowest BCUT2D eigenvalue weighted by atomic mass is 9.83. The summed E-state index contributed by atoms with van der Waals surface area (Å²) in [5.41, 5.74) is 3.57. The molecule has 2 heterocycles. The molecule has 0 aliphatic carbocycles. The van der Waals surface area contributed by atoms with Crippen molar-refractivity contribution in [3.8, 4) is 6.07 Å². The monoisotopic (exact) mass is 480 g/mol. The molecule has 5 nitrogen and oxygen atoms in total. The van der Waals surface area contributed by atoms with Gasteiger partial charge in [-0.3, -0.25) is 4.90 Å². The molecule has 1 N–H and O–H groups in total. The van der Waals surface area contributed by atoms with Crippen LogP contribution in [-0.2, 0) is 0 Å². The number of piperidine rings is 1. The first-order valence-electron chi connectivity index (χ1n) is 13.2. The third-order valence-electron chi connectivity index (χ3n) is 8.13. The summed E-state index contributed by atoms with van der Waals surface area (Å²) in [5, 5.41) is 20.6. The van der Waals surface area contributed by atoms with Gasteiger partial charge < -0.3 is 14.9 Å². The fraction of sp³-hybridized carbons (Fsp3) is 0.387. The van der Waals surface area contributed by atoms with Gasteiger partial charge in [0, 0.05) is 37.7 Å². The Bertz CT molecular complexity index is 1080. The Labute approximate surface area is 215 Å². The van der Waals surface area contributed by atoms with Gasteiger partial charge >= 0.3 is 0 Å². The number of aliphatic hydroxyl groups excluding tert-OH is 1. The largest absolute Gasteiger partial charge is 0.376 e. The summed E-state index contributed by atoms with van der Waals surface area (Å²) in [4.78, 5) is 7.04. The van der Waals surface area contributed by atoms with Crippen molar-refractivity contribution in [1.29, 1.82) is 5.26 Å². The third kappa shape index (κ3) is 5.03. The number of nitrogens with zero attached hydrogens (tertiary/aromatic N) is 4. The lowest BCUT2D eigenvalue weighted by molar-refractivity contribution is -0.0260. The van der Waals surface area contributed by atoms with E-state index in [-0.39, 0.29) is 5.54 Å². The van der Waals surface area contributed by atoms with E-state index in [0.29, 0.717) is 25.6 Å². The Kier molecular flexibility index (Phi) is 7.67. The first-order valence-corrected chi connectivity index (χ1v) is 13.2. The number of hydrogen-bond donors (Lipinski definition) is 1. The van der Waals surface area contributed by atoms with Crippen molar-refractivity contribution in [1.82, 2.24) is 9.80 Å². The van der Waals surface area contributed by atoms with E-state index in [1.165, 1.54) is 11.1 Å². The van der Waals surface area contributed by atoms with Gasteiger partial charge in [-0.1, -0.05) is 78.9 Å². The van der Waals surface area contributed by atoms with E-state index < -0.39 is 6.23 Å². The molecule has 186 valence electrons. The molecular weight excluding hydrogens is 444 g/mol. The topological polar surface area (TPSA) is 53.7 Å². The number of likely N-dealkylation sites (tertiary alicyclic amines) is 1. The van der Waals surface area contributed by atoms with Gasteiger partial charge in [0.25, 0.3) is 0 Å². The van der Waals surface area contributed by atoms with Crippen LogP contribution >= 0.6 is 0 Å². The van der Waals surface area contributed by atoms with Crippen LogP contribution in [0.5, 0.6) is 0 Å². The molecule has 3 aromatic carbocycles. The van der Waals surface area contributed by atoms with Crippen molar-refractivity contribution in [3.05, 3.63) is 102 Å². The normalized spacial score (nSPS) is 20.1. The highest BCUT2D eigenvalue weighted by atomic mass is 16.3. The minimum absolute atomic E-state index is 0.314. The third-order valence-corrected chi connectivity index (χ3v) is 8.13. The van der Waals surface area contributed by atoms with Crippen LogP contribution in [0.25, 0.3) is 0 Å². The van der Waals surface area contributed by atoms with Crippen molar-refractivity contribution in [2.75, 3.05) is 37.7 Å². The number of benzene rings is 3. The molecule has 0 radical (unpaired) electrons. The Morgan fingerprint density at radius 1 is 0.833 bits per heavy atom. The second kappa shape index (κ2) is 11.3. The van der Waals surface area contributed by atoms with Crippen LogP contribution in [0.2, 0.25) is 0 Å². The van der Waals surface area contributed by atoms with Gasteiger partial charge in [0.1, 0.15) is 6.23 Å². The molecule has 2 fully saturated rings. The van der Waals surface area contributed by atoms with Gasteiger partial charge in [-0.25, -0.2) is 0 Å². The highest BCUT2D eigenvalue weighted by Crippen LogP contribution is 2.42. The molecule has 1 spiro atoms. The van der Waals surface area contributed by atoms with Crippen molar-refractivity contribution in [2.45, 2.75) is 43.4 Å². The lowest BCUT2D eigenvalue weighted by Crippen LogP contribution is -2.58. The first-order chi connectivity index (χ1) is 17.7. The molecule has 0 amide bonds. The van der Waals surface area contributed by atoms with Gasteiger partial charge in [0.15, 0.2) is 0 Å². The maximum atomic E-state index is 11.5. The Hall–Kier alpha value is -3.17. The van der Waals surface area contributed by atoms with E-state index >= 15 is 0 Å². The zero-order chi connectivity index (χ0) is 24.8. The fourth-order valence-electron chi connectivity index (χ4n) is 6.11. The van der Waals surface area contributed by atoms with Crippen LogP contribution in [0.4, 0.5) is 5.69 Å². The molecule has 5 rings (SSSR count). The molecule has 1 unspecified atom stereocenters. The van der Waals surface area contributed by atoms with Gasteiger partial charge in [-0.15, -0.1) is 0 Å². The molecule has 0 bridgehead atoms. The van der Waals surface area contributed by atoms with Crippen molar-refractivity contribution in [3.63, 3.8) is 0 Å². The lowest BCUT2D eigenvalue weighted by Gasteiger charge is -2.47. The molecule has 2 aliphatic rings. The highest BCUT2D eigenvalue weighted by Gasteiger charge is 2.53. The number of anilines is 1. The van der Waals surface area contributed by atoms with E-state index in [1.54, 1.807) is 0 Å². The van der Waals surface area contributed by atoms with Gasteiger partial charge in [0.2, 0.25) is 0 Å². The molecule has 36 heavy (non-hydrogen) atoms. The van der Waals surface area contributed by atoms with Crippen LogP contribution < -0.4 is 4.90 Å². The minimum atomic E-state index is -0.561. The number of hydrogen-bond acceptors (Lipinski definition) is 5. The predicted octanol–water partition coefficient (Wildman–Crippen LogP) is 5.05. The quantitative estimate of drug-likeness (QED) is 0.489. The first kappa shape index (κ1) is 24.5. The molecule has 5 heteroatoms. The molecular formula is C31H36N4O. The zero-order valence-electron chi connectivity index (χ0n) is 20.9. The maximum Gasteiger partial charge on any atom is 0.132 e. The standard InChI is InChI=1S/C31H36N4O/c32-20-10-21-34-25-35(28-15-8-3-9-16-28)31(30(34)36)18-23-33(24-19-31)22-17-29(26-11-4-1-5-12-26)27-13-6-2-7-14-27/h1-9,11-16,29-30,36H,10,17-19,21-25H2. The SMILES string of the molecule is N#CCCN1CN(c2ccccc2)C2(CCN(CCC(c3ccccc3)c3ccccc3)CC2)C1O. The van der Waals surface area contributed by atoms with Gasteiger partial charge in [0.05, 0.1) is 18.3 Å². The number of para-hydroxylation sites is 1. The summed E-state index contributed by atoms with van der Waals surface area (Å²) in [6, 6.07) is 34.3. The Balaban J connectivity index is 1.29. The van der Waals surface area contributed by atoms with Gasteiger partial charge in [-0.2, -0.15) is 5.26 Å². The summed E-state index contributed by atoms with van der Waals surface area (Å²) in [6.45, 7) is 4.22. The fourth-order valence-corrected chi connectivity index (χ4v) is 6.11. The van der Waals surface area contributed by atoms with Crippen LogP contribution in [0, 0.1) is 11.3 Å². The maximum absolute atomic E-state index is 11.5. The number of nitriles is 1. The van der Waals surface area contributed by atoms with Gasteiger partial charge in [-0.05, 0) is 49.1 Å². The molecule has 2 aliphatic heterocycles. The summed E-state index contributed by atoms with van der Waals surface area (Å²) >= 11 is 0. The minimum Gasteiger partial charge on any atom is -0.376 e. The zero-order valence-corrected chi connectivity index (χ0v) is 20.9. The van der Waals surface area contributed by atoms with Crippen molar-refractivity contribution >= 4 is 5.69 Å². The van der Waals surface area contributed by atoms with E-state index in [4.69, 9.17) is 5.26 Å². The van der Waals surface area contributed by atoms with E-state index in [0.717, 1.165) is 44.6 Å². The molecule has 1 atom stereocenters. The van der Waals surface area contributed by atoms with Crippen LogP contribution in [0.15, 0.2) is 91.0 Å². The second-order valence-corrected chi connectivity index (χ2v) is 10.1. The van der Waals surface area contributed by atoms with Crippen molar-refractivity contribution in [2.24, 2.45) is 0 Å². The summed E-state index contributed by atoms with van der Waals surface area (Å²) in [7, 11) is 0. The van der Waals surface area contributed by atoms with E-state index in [9.17, 15) is 5.11 Å². The summed E-state index contributed by atoms with van der Waals surface area (Å²) < 4.78 is 0. The van der Waals surface area contributed by atoms with E-state index in [2.05, 4.69) is 106 Å². The number of aliphatic hydroxyl groups is 1. The Morgan fingerprint density at radius 3 is 1.94 bits per heavy atom. The summed E-state index contributed by atoms with van der Waals surface area (Å²) in [5.74, 6) is 0.377. The number of rotatable bonds is 8. The second-order valence-electron chi connectivity index (χ2n) is 10.1. The summed E-state index contributed by atoms with van der Waals surface area (Å²) in [6.07, 6.45) is 2.76. The highest BCUT2D eigenvalue weighted by molar-refractivity contribution is 5.51. The Morgan fingerprint density at radius 2 is 1.39 bits per heavy atom. The van der Waals surface area contributed by atoms with E-state index in [1.807, 2.05) is 6.07 Å². The molecule has 0 saturated carbocycles. The predicted molar refractivity (Wildman–Crippen MR) is 144 cm³/mol.